The molecule has 0 fully saturated rings. The number of fused-ring (bicyclic) bond motifs is 1. The third-order valence-electron chi connectivity index (χ3n) is 4.97. The van der Waals surface area contributed by atoms with Crippen LogP contribution in [0.15, 0.2) is 36.4 Å². The summed E-state index contributed by atoms with van der Waals surface area (Å²) >= 11 is 12.7. The van der Waals surface area contributed by atoms with Gasteiger partial charge in [-0.25, -0.2) is 4.68 Å². The van der Waals surface area contributed by atoms with Crippen molar-refractivity contribution in [2.24, 2.45) is 0 Å². The fourth-order valence-corrected chi connectivity index (χ4v) is 3.91. The number of aromatic nitrogens is 2. The number of halogens is 2. The quantitative estimate of drug-likeness (QED) is 0.431. The van der Waals surface area contributed by atoms with E-state index >= 15 is 0 Å². The Hall–Kier alpha value is -2.57. The number of rotatable bonds is 3. The molecule has 28 heavy (non-hydrogen) atoms. The largest absolute Gasteiger partial charge is 0.370 e. The van der Waals surface area contributed by atoms with Crippen molar-refractivity contribution in [2.45, 2.75) is 26.2 Å². The number of hydrogen-bond donors (Lipinski definition) is 1. The lowest BCUT2D eigenvalue weighted by Gasteiger charge is -2.11. The third-order valence-corrected chi connectivity index (χ3v) is 5.79. The van der Waals surface area contributed by atoms with Crippen molar-refractivity contribution in [1.29, 1.82) is 0 Å². The maximum Gasteiger partial charge on any atom is 0.271 e. The van der Waals surface area contributed by atoms with Gasteiger partial charge in [0.25, 0.3) is 5.69 Å². The van der Waals surface area contributed by atoms with Crippen molar-refractivity contribution in [3.63, 3.8) is 0 Å². The first-order valence-corrected chi connectivity index (χ1v) is 9.78. The molecule has 0 saturated carbocycles. The van der Waals surface area contributed by atoms with E-state index in [0.29, 0.717) is 15.7 Å². The zero-order chi connectivity index (χ0) is 19.8. The van der Waals surface area contributed by atoms with Gasteiger partial charge in [-0.15, -0.1) is 0 Å². The Labute approximate surface area is 172 Å². The van der Waals surface area contributed by atoms with Crippen LogP contribution in [0.4, 0.5) is 11.5 Å². The van der Waals surface area contributed by atoms with E-state index < -0.39 is 4.92 Å². The van der Waals surface area contributed by atoms with Crippen LogP contribution < -0.4 is 5.32 Å². The molecule has 0 spiro atoms. The van der Waals surface area contributed by atoms with Crippen molar-refractivity contribution in [1.82, 2.24) is 9.78 Å². The summed E-state index contributed by atoms with van der Waals surface area (Å²) < 4.78 is 1.76. The van der Waals surface area contributed by atoms with Crippen molar-refractivity contribution in [2.75, 3.05) is 11.9 Å². The highest BCUT2D eigenvalue weighted by Gasteiger charge is 2.25. The molecule has 0 saturated heterocycles. The second-order valence-electron chi connectivity index (χ2n) is 6.80. The molecule has 1 aromatic heterocycles. The van der Waals surface area contributed by atoms with Crippen LogP contribution in [-0.4, -0.2) is 21.2 Å². The minimum absolute atomic E-state index is 0.0285. The number of nitro benzene ring substituents is 1. The molecule has 8 heteroatoms. The van der Waals surface area contributed by atoms with Crippen LogP contribution in [0.2, 0.25) is 10.0 Å². The summed E-state index contributed by atoms with van der Waals surface area (Å²) in [5, 5.41) is 20.5. The number of nitrogens with zero attached hydrogens (tertiary/aromatic N) is 3. The van der Waals surface area contributed by atoms with Crippen LogP contribution in [0.25, 0.3) is 16.9 Å². The maximum atomic E-state index is 11.3. The second kappa shape index (κ2) is 7.45. The Bertz CT molecular complexity index is 1080. The summed E-state index contributed by atoms with van der Waals surface area (Å²) in [5.74, 6) is 0.854. The predicted octanol–water partition coefficient (Wildman–Crippen LogP) is 5.81. The molecule has 144 valence electrons. The predicted molar refractivity (Wildman–Crippen MR) is 112 cm³/mol. The van der Waals surface area contributed by atoms with Gasteiger partial charge in [0.05, 0.1) is 26.3 Å². The van der Waals surface area contributed by atoms with Crippen LogP contribution in [0, 0.1) is 17.0 Å². The van der Waals surface area contributed by atoms with Gasteiger partial charge in [0.15, 0.2) is 0 Å². The highest BCUT2D eigenvalue weighted by molar-refractivity contribution is 6.43. The van der Waals surface area contributed by atoms with E-state index in [9.17, 15) is 10.1 Å². The van der Waals surface area contributed by atoms with Gasteiger partial charge in [-0.2, -0.15) is 5.10 Å². The molecule has 0 atom stereocenters. The SMILES string of the molecule is Cc1ccc([N+](=O)[O-])cc1-n1nc(-c2cccc(Cl)c2Cl)c2c1NCCCC2. The van der Waals surface area contributed by atoms with Crippen LogP contribution in [-0.2, 0) is 6.42 Å². The van der Waals surface area contributed by atoms with Crippen molar-refractivity contribution < 1.29 is 4.92 Å². The highest BCUT2D eigenvalue weighted by Crippen LogP contribution is 2.39. The average Bonchev–Trinajstić information content (AvgIpc) is 2.85. The second-order valence-corrected chi connectivity index (χ2v) is 7.59. The monoisotopic (exact) mass is 416 g/mol. The normalized spacial score (nSPS) is 13.5. The Morgan fingerprint density at radius 2 is 2.04 bits per heavy atom. The average molecular weight is 417 g/mol. The van der Waals surface area contributed by atoms with Gasteiger partial charge in [0.1, 0.15) is 5.82 Å². The molecule has 0 amide bonds. The Morgan fingerprint density at radius 1 is 1.21 bits per heavy atom. The minimum Gasteiger partial charge on any atom is -0.370 e. The maximum absolute atomic E-state index is 11.3. The van der Waals surface area contributed by atoms with Crippen LogP contribution in [0.5, 0.6) is 0 Å². The molecule has 2 aromatic carbocycles. The van der Waals surface area contributed by atoms with Crippen LogP contribution >= 0.6 is 23.2 Å². The van der Waals surface area contributed by atoms with Gasteiger partial charge in [0, 0.05) is 29.8 Å². The Balaban J connectivity index is 1.97. The molecule has 6 nitrogen and oxygen atoms in total. The lowest BCUT2D eigenvalue weighted by Crippen LogP contribution is -2.08. The van der Waals surface area contributed by atoms with Crippen molar-refractivity contribution in [3.05, 3.63) is 67.7 Å². The minimum atomic E-state index is -0.396. The Kier molecular flexibility index (Phi) is 5.00. The van der Waals surface area contributed by atoms with Gasteiger partial charge in [0.2, 0.25) is 0 Å². The van der Waals surface area contributed by atoms with E-state index in [2.05, 4.69) is 5.32 Å². The summed E-state index contributed by atoms with van der Waals surface area (Å²) in [4.78, 5) is 10.9. The van der Waals surface area contributed by atoms with E-state index in [1.807, 2.05) is 19.1 Å². The van der Waals surface area contributed by atoms with Gasteiger partial charge in [-0.05, 0) is 37.8 Å². The first-order chi connectivity index (χ1) is 13.5. The molecule has 1 N–H and O–H groups in total. The van der Waals surface area contributed by atoms with E-state index in [-0.39, 0.29) is 5.69 Å². The number of hydrogen-bond acceptors (Lipinski definition) is 4. The van der Waals surface area contributed by atoms with E-state index in [0.717, 1.165) is 54.0 Å². The molecule has 1 aliphatic rings. The first kappa shape index (κ1) is 18.8. The molecule has 0 bridgehead atoms. The number of non-ortho nitro benzene ring substituents is 1. The van der Waals surface area contributed by atoms with Gasteiger partial charge in [-0.1, -0.05) is 41.4 Å². The molecular weight excluding hydrogens is 399 g/mol. The standard InChI is InChI=1S/C20H18Cl2N4O2/c1-12-8-9-13(26(27)28)11-17(12)25-20-15(5-2-3-10-23-20)19(24-25)14-6-4-7-16(21)18(14)22/h4,6-9,11,23H,2-3,5,10H2,1H3. The zero-order valence-corrected chi connectivity index (χ0v) is 16.7. The van der Waals surface area contributed by atoms with Gasteiger partial charge >= 0.3 is 0 Å². The van der Waals surface area contributed by atoms with Crippen LogP contribution in [0.1, 0.15) is 24.0 Å². The molecule has 1 aliphatic heterocycles. The molecule has 0 unspecified atom stereocenters. The summed E-state index contributed by atoms with van der Waals surface area (Å²) in [6.07, 6.45) is 2.89. The number of anilines is 1. The van der Waals surface area contributed by atoms with E-state index in [1.54, 1.807) is 22.9 Å². The zero-order valence-electron chi connectivity index (χ0n) is 15.2. The van der Waals surface area contributed by atoms with E-state index in [4.69, 9.17) is 28.3 Å². The summed E-state index contributed by atoms with van der Waals surface area (Å²) in [7, 11) is 0. The molecule has 3 aromatic rings. The first-order valence-electron chi connectivity index (χ1n) is 9.03. The van der Waals surface area contributed by atoms with Gasteiger partial charge < -0.3 is 5.32 Å². The van der Waals surface area contributed by atoms with Gasteiger partial charge in [-0.3, -0.25) is 10.1 Å². The van der Waals surface area contributed by atoms with Crippen molar-refractivity contribution >= 4 is 34.7 Å². The number of nitrogens with one attached hydrogen (secondary N) is 1. The number of benzene rings is 2. The molecule has 4 rings (SSSR count). The topological polar surface area (TPSA) is 73.0 Å². The fraction of sp³-hybridized carbons (Fsp3) is 0.250. The van der Waals surface area contributed by atoms with Crippen molar-refractivity contribution in [3.8, 4) is 16.9 Å². The third kappa shape index (κ3) is 3.23. The van der Waals surface area contributed by atoms with Crippen LogP contribution in [0.3, 0.4) is 0 Å². The summed E-state index contributed by atoms with van der Waals surface area (Å²) in [5.41, 5.74) is 4.15. The lowest BCUT2D eigenvalue weighted by molar-refractivity contribution is -0.384. The molecule has 0 aliphatic carbocycles. The number of aryl methyl sites for hydroxylation is 1. The summed E-state index contributed by atoms with van der Waals surface area (Å²) in [6, 6.07) is 10.3. The lowest BCUT2D eigenvalue weighted by atomic mass is 10.0. The number of nitro groups is 1. The fourth-order valence-electron chi connectivity index (χ4n) is 3.52. The molecule has 2 heterocycles. The van der Waals surface area contributed by atoms with E-state index in [1.165, 1.54) is 6.07 Å². The molecular formula is C20H18Cl2N4O2. The smallest absolute Gasteiger partial charge is 0.271 e. The highest BCUT2D eigenvalue weighted by atomic mass is 35.5. The Morgan fingerprint density at radius 3 is 2.82 bits per heavy atom. The molecule has 0 radical (unpaired) electrons. The summed E-state index contributed by atoms with van der Waals surface area (Å²) in [6.45, 7) is 2.73.